The maximum Gasteiger partial charge on any atom is 0.287 e. The first-order valence-electron chi connectivity index (χ1n) is 9.15. The second-order valence-electron chi connectivity index (χ2n) is 6.39. The number of benzene rings is 1. The molecule has 9 nitrogen and oxygen atoms in total. The molecule has 0 aliphatic carbocycles. The third-order valence-corrected chi connectivity index (χ3v) is 5.38. The molecule has 3 heterocycles. The zero-order valence-electron chi connectivity index (χ0n) is 16.5. The van der Waals surface area contributed by atoms with Gasteiger partial charge in [-0.15, -0.1) is 0 Å². The number of nitrogens with one attached hydrogen (secondary N) is 2. The van der Waals surface area contributed by atoms with Crippen LogP contribution in [-0.2, 0) is 19.3 Å². The van der Waals surface area contributed by atoms with Gasteiger partial charge in [0.05, 0.1) is 19.4 Å². The lowest BCUT2D eigenvalue weighted by Crippen LogP contribution is -2.22. The Morgan fingerprint density at radius 3 is 2.83 bits per heavy atom. The van der Waals surface area contributed by atoms with E-state index >= 15 is 0 Å². The summed E-state index contributed by atoms with van der Waals surface area (Å²) in [5, 5.41) is 10.7. The number of furan rings is 1. The predicted molar refractivity (Wildman–Crippen MR) is 111 cm³/mol. The Morgan fingerprint density at radius 2 is 2.10 bits per heavy atom. The van der Waals surface area contributed by atoms with E-state index in [0.29, 0.717) is 23.2 Å². The summed E-state index contributed by atoms with van der Waals surface area (Å²) in [7, 11) is 3.55. The number of amides is 1. The molecule has 0 bridgehead atoms. The summed E-state index contributed by atoms with van der Waals surface area (Å²) in [6.45, 7) is 0.208. The van der Waals surface area contributed by atoms with Gasteiger partial charge in [-0.25, -0.2) is 9.97 Å². The van der Waals surface area contributed by atoms with Gasteiger partial charge in [-0.2, -0.15) is 5.10 Å². The summed E-state index contributed by atoms with van der Waals surface area (Å²) in [5.74, 6) is 3.09. The van der Waals surface area contributed by atoms with E-state index in [2.05, 4.69) is 25.5 Å². The van der Waals surface area contributed by atoms with Gasteiger partial charge in [-0.05, 0) is 36.4 Å². The molecule has 30 heavy (non-hydrogen) atoms. The van der Waals surface area contributed by atoms with Gasteiger partial charge in [0.25, 0.3) is 5.91 Å². The van der Waals surface area contributed by atoms with E-state index in [9.17, 15) is 4.79 Å². The van der Waals surface area contributed by atoms with Crippen molar-refractivity contribution in [2.75, 3.05) is 7.11 Å². The van der Waals surface area contributed by atoms with Crippen LogP contribution >= 0.6 is 11.8 Å². The molecule has 0 unspecified atom stereocenters. The fourth-order valence-corrected chi connectivity index (χ4v) is 3.53. The fourth-order valence-electron chi connectivity index (χ4n) is 2.70. The van der Waals surface area contributed by atoms with E-state index < -0.39 is 0 Å². The second kappa shape index (κ2) is 8.87. The van der Waals surface area contributed by atoms with Crippen LogP contribution in [0, 0.1) is 0 Å². The number of aromatic nitrogens is 5. The van der Waals surface area contributed by atoms with Crippen LogP contribution in [0.25, 0.3) is 11.4 Å². The zero-order valence-corrected chi connectivity index (χ0v) is 17.3. The van der Waals surface area contributed by atoms with Crippen molar-refractivity contribution >= 4 is 17.7 Å². The molecule has 0 radical (unpaired) electrons. The smallest absolute Gasteiger partial charge is 0.287 e. The van der Waals surface area contributed by atoms with E-state index in [1.54, 1.807) is 37.2 Å². The molecule has 0 atom stereocenters. The van der Waals surface area contributed by atoms with Crippen molar-refractivity contribution < 1.29 is 13.9 Å². The Kier molecular flexibility index (Phi) is 5.84. The van der Waals surface area contributed by atoms with E-state index in [1.165, 1.54) is 0 Å². The maximum atomic E-state index is 12.4. The van der Waals surface area contributed by atoms with Crippen LogP contribution in [-0.4, -0.2) is 37.7 Å². The number of hydrogen-bond acceptors (Lipinski definition) is 7. The molecular formula is C20H20N6O3S. The highest BCUT2D eigenvalue weighted by Gasteiger charge is 2.13. The fraction of sp³-hybridized carbons (Fsp3) is 0.200. The molecule has 4 rings (SSSR count). The molecule has 0 saturated carbocycles. The van der Waals surface area contributed by atoms with Crippen LogP contribution in [0.15, 0.2) is 58.4 Å². The van der Waals surface area contributed by atoms with Crippen LogP contribution in [0.5, 0.6) is 5.75 Å². The molecule has 4 aromatic rings. The van der Waals surface area contributed by atoms with Crippen LogP contribution in [0.3, 0.4) is 0 Å². The minimum Gasteiger partial charge on any atom is -0.497 e. The van der Waals surface area contributed by atoms with Crippen molar-refractivity contribution in [1.29, 1.82) is 0 Å². The highest BCUT2D eigenvalue weighted by atomic mass is 32.2. The van der Waals surface area contributed by atoms with E-state index in [4.69, 9.17) is 9.15 Å². The zero-order chi connectivity index (χ0) is 20.9. The number of H-pyrrole nitrogens is 1. The highest BCUT2D eigenvalue weighted by molar-refractivity contribution is 7.98. The summed E-state index contributed by atoms with van der Waals surface area (Å²) < 4.78 is 12.7. The number of rotatable bonds is 8. The standard InChI is InChI=1S/C20H20N6O3S/c1-26-10-9-21-20(26)30-12-15-7-8-16(29-15)19(27)22-11-17-23-18(25-24-17)13-3-5-14(28-2)6-4-13/h3-10H,11-12H2,1-2H3,(H,22,27)(H,23,24,25). The maximum absolute atomic E-state index is 12.4. The van der Waals surface area contributed by atoms with Crippen LogP contribution in [0.1, 0.15) is 22.1 Å². The summed E-state index contributed by atoms with van der Waals surface area (Å²) >= 11 is 1.54. The number of carbonyl (C=O) groups excluding carboxylic acids is 1. The second-order valence-corrected chi connectivity index (χ2v) is 7.33. The Balaban J connectivity index is 1.31. The molecule has 154 valence electrons. The van der Waals surface area contributed by atoms with Crippen molar-refractivity contribution in [1.82, 2.24) is 30.0 Å². The number of nitrogens with zero attached hydrogens (tertiary/aromatic N) is 4. The molecule has 0 aliphatic rings. The third kappa shape index (κ3) is 4.54. The first-order chi connectivity index (χ1) is 14.6. The van der Waals surface area contributed by atoms with Crippen LogP contribution in [0.4, 0.5) is 0 Å². The monoisotopic (exact) mass is 424 g/mol. The lowest BCUT2D eigenvalue weighted by molar-refractivity contribution is 0.0920. The molecule has 0 fully saturated rings. The minimum atomic E-state index is -0.314. The molecule has 1 amide bonds. The van der Waals surface area contributed by atoms with Gasteiger partial charge in [-0.3, -0.25) is 9.89 Å². The highest BCUT2D eigenvalue weighted by Crippen LogP contribution is 2.22. The largest absolute Gasteiger partial charge is 0.497 e. The minimum absolute atomic E-state index is 0.208. The first kappa shape index (κ1) is 19.8. The Hall–Kier alpha value is -3.53. The quantitative estimate of drug-likeness (QED) is 0.418. The van der Waals surface area contributed by atoms with Gasteiger partial charge in [0.15, 0.2) is 16.7 Å². The summed E-state index contributed by atoms with van der Waals surface area (Å²) in [5.41, 5.74) is 0.852. The molecule has 0 spiro atoms. The number of carbonyl (C=O) groups is 1. The van der Waals surface area contributed by atoms with Gasteiger partial charge < -0.3 is 19.0 Å². The molecule has 2 N–H and O–H groups in total. The molecule has 3 aromatic heterocycles. The van der Waals surface area contributed by atoms with Crippen molar-refractivity contribution in [3.63, 3.8) is 0 Å². The number of aryl methyl sites for hydroxylation is 1. The summed E-state index contributed by atoms with van der Waals surface area (Å²) in [4.78, 5) is 21.0. The normalized spacial score (nSPS) is 10.9. The van der Waals surface area contributed by atoms with Crippen molar-refractivity contribution in [3.05, 3.63) is 66.1 Å². The average Bonchev–Trinajstić information content (AvgIpc) is 3.52. The van der Waals surface area contributed by atoms with Crippen molar-refractivity contribution in [2.24, 2.45) is 7.05 Å². The molecule has 0 saturated heterocycles. The Labute approximate surface area is 176 Å². The number of ether oxygens (including phenoxy) is 1. The third-order valence-electron chi connectivity index (χ3n) is 4.30. The van der Waals surface area contributed by atoms with Crippen LogP contribution in [0.2, 0.25) is 0 Å². The molecular weight excluding hydrogens is 404 g/mol. The lowest BCUT2D eigenvalue weighted by Gasteiger charge is -2.01. The van der Waals surface area contributed by atoms with E-state index in [0.717, 1.165) is 16.5 Å². The van der Waals surface area contributed by atoms with Crippen molar-refractivity contribution in [3.8, 4) is 17.1 Å². The molecule has 10 heteroatoms. The number of imidazole rings is 1. The van der Waals surface area contributed by atoms with E-state index in [1.807, 2.05) is 42.1 Å². The molecule has 1 aromatic carbocycles. The van der Waals surface area contributed by atoms with Gasteiger partial charge in [0, 0.05) is 25.0 Å². The molecule has 0 aliphatic heterocycles. The summed E-state index contributed by atoms with van der Waals surface area (Å²) in [6, 6.07) is 10.9. The van der Waals surface area contributed by atoms with Gasteiger partial charge in [-0.1, -0.05) is 11.8 Å². The topological polar surface area (TPSA) is 111 Å². The van der Waals surface area contributed by atoms with E-state index in [-0.39, 0.29) is 18.2 Å². The predicted octanol–water partition coefficient (Wildman–Crippen LogP) is 3.03. The van der Waals surface area contributed by atoms with Gasteiger partial charge >= 0.3 is 0 Å². The first-order valence-corrected chi connectivity index (χ1v) is 10.1. The number of aromatic amines is 1. The van der Waals surface area contributed by atoms with Gasteiger partial charge in [0.1, 0.15) is 17.3 Å². The van der Waals surface area contributed by atoms with Crippen molar-refractivity contribution in [2.45, 2.75) is 17.5 Å². The number of thioether (sulfide) groups is 1. The lowest BCUT2D eigenvalue weighted by atomic mass is 10.2. The number of hydrogen-bond donors (Lipinski definition) is 2. The SMILES string of the molecule is COc1ccc(-c2n[nH]c(CNC(=O)c3ccc(CSc4nccn4C)o3)n2)cc1. The Bertz CT molecular complexity index is 1130. The Morgan fingerprint density at radius 1 is 1.27 bits per heavy atom. The number of methoxy groups -OCH3 is 1. The van der Waals surface area contributed by atoms with Gasteiger partial charge in [0.2, 0.25) is 0 Å². The average molecular weight is 424 g/mol. The van der Waals surface area contributed by atoms with Crippen LogP contribution < -0.4 is 10.1 Å². The summed E-state index contributed by atoms with van der Waals surface area (Å²) in [6.07, 6.45) is 3.62.